The number of aliphatic hydroxyl groups is 1. The third kappa shape index (κ3) is 3.02. The van der Waals surface area contributed by atoms with Gasteiger partial charge < -0.3 is 19.5 Å². The summed E-state index contributed by atoms with van der Waals surface area (Å²) in [5.74, 6) is -0.304. The molecule has 1 unspecified atom stereocenters. The lowest BCUT2D eigenvalue weighted by Crippen LogP contribution is -2.34. The van der Waals surface area contributed by atoms with Gasteiger partial charge in [-0.05, 0) is 25.5 Å². The lowest BCUT2D eigenvalue weighted by Gasteiger charge is -2.21. The van der Waals surface area contributed by atoms with Crippen LogP contribution in [0.5, 0.6) is 11.5 Å². The molecule has 1 aromatic carbocycles. The number of carbonyl (C=O) groups is 2. The van der Waals surface area contributed by atoms with Crippen molar-refractivity contribution in [2.45, 2.75) is 26.3 Å². The van der Waals surface area contributed by atoms with Crippen molar-refractivity contribution in [2.24, 2.45) is 0 Å². The quantitative estimate of drug-likeness (QED) is 0.511. The average Bonchev–Trinajstić information content (AvgIpc) is 2.87. The maximum Gasteiger partial charge on any atom is 0.262 e. The summed E-state index contributed by atoms with van der Waals surface area (Å²) in [6.45, 7) is 3.81. The van der Waals surface area contributed by atoms with Crippen LogP contribution in [-0.2, 0) is 9.59 Å². The largest absolute Gasteiger partial charge is 0.506 e. The third-order valence-electron chi connectivity index (χ3n) is 4.09. The molecule has 2 rings (SSSR count). The third-order valence-corrected chi connectivity index (χ3v) is 4.09. The molecule has 0 radical (unpaired) electrons. The van der Waals surface area contributed by atoms with E-state index in [1.54, 1.807) is 18.2 Å². The molecule has 0 aromatic heterocycles. The minimum absolute atomic E-state index is 0.00823. The Balaban J connectivity index is 2.49. The normalized spacial score (nSPS) is 18.2. The topological polar surface area (TPSA) is 76.1 Å². The molecule has 1 amide bonds. The highest BCUT2D eigenvalue weighted by Gasteiger charge is 2.39. The van der Waals surface area contributed by atoms with E-state index >= 15 is 0 Å². The molecule has 124 valence electrons. The molecule has 0 aliphatic carbocycles. The number of carbonyl (C=O) groups excluding carboxylic acids is 2. The Morgan fingerprint density at radius 2 is 2.00 bits per heavy atom. The van der Waals surface area contributed by atoms with Gasteiger partial charge in [0.2, 0.25) is 0 Å². The molecule has 1 fully saturated rings. The first-order valence-corrected chi connectivity index (χ1v) is 7.44. The van der Waals surface area contributed by atoms with Crippen LogP contribution in [0.1, 0.15) is 25.8 Å². The maximum absolute atomic E-state index is 12.5. The first kappa shape index (κ1) is 16.9. The summed E-state index contributed by atoms with van der Waals surface area (Å²) in [4.78, 5) is 26.2. The van der Waals surface area contributed by atoms with Crippen molar-refractivity contribution in [1.29, 1.82) is 0 Å². The Morgan fingerprint density at radius 1 is 1.30 bits per heavy atom. The second kappa shape index (κ2) is 6.73. The van der Waals surface area contributed by atoms with E-state index in [1.807, 2.05) is 13.8 Å². The Morgan fingerprint density at radius 3 is 2.57 bits per heavy atom. The number of ether oxygens (including phenoxy) is 2. The van der Waals surface area contributed by atoms with Crippen LogP contribution in [0, 0.1) is 0 Å². The van der Waals surface area contributed by atoms with Gasteiger partial charge in [-0.25, -0.2) is 0 Å². The Hall–Kier alpha value is -2.50. The summed E-state index contributed by atoms with van der Waals surface area (Å²) < 4.78 is 10.3. The van der Waals surface area contributed by atoms with E-state index < -0.39 is 5.91 Å². The van der Waals surface area contributed by atoms with Gasteiger partial charge in [0.1, 0.15) is 22.8 Å². The van der Waals surface area contributed by atoms with Crippen molar-refractivity contribution >= 4 is 17.4 Å². The van der Waals surface area contributed by atoms with E-state index in [2.05, 4.69) is 0 Å². The second-order valence-corrected chi connectivity index (χ2v) is 5.40. The fraction of sp³-hybridized carbons (Fsp3) is 0.412. The van der Waals surface area contributed by atoms with Crippen molar-refractivity contribution < 1.29 is 24.2 Å². The van der Waals surface area contributed by atoms with Gasteiger partial charge in [-0.1, -0.05) is 6.92 Å². The summed E-state index contributed by atoms with van der Waals surface area (Å²) in [6, 6.07) is 4.72. The van der Waals surface area contributed by atoms with Crippen LogP contribution >= 0.6 is 0 Å². The van der Waals surface area contributed by atoms with Crippen molar-refractivity contribution in [3.8, 4) is 11.5 Å². The van der Waals surface area contributed by atoms with E-state index in [1.165, 1.54) is 19.1 Å². The van der Waals surface area contributed by atoms with Crippen LogP contribution in [0.15, 0.2) is 23.8 Å². The van der Waals surface area contributed by atoms with E-state index in [-0.39, 0.29) is 35.3 Å². The maximum atomic E-state index is 12.5. The molecule has 1 aromatic rings. The van der Waals surface area contributed by atoms with E-state index in [9.17, 15) is 14.7 Å². The molecule has 0 saturated carbocycles. The van der Waals surface area contributed by atoms with Gasteiger partial charge in [-0.15, -0.1) is 0 Å². The summed E-state index contributed by atoms with van der Waals surface area (Å²) >= 11 is 0. The summed E-state index contributed by atoms with van der Waals surface area (Å²) in [7, 11) is 2.96. The first-order valence-electron chi connectivity index (χ1n) is 7.44. The van der Waals surface area contributed by atoms with Crippen molar-refractivity contribution in [1.82, 2.24) is 4.90 Å². The monoisotopic (exact) mass is 319 g/mol. The molecular weight excluding hydrogens is 298 g/mol. The van der Waals surface area contributed by atoms with Crippen molar-refractivity contribution in [2.75, 3.05) is 20.8 Å². The number of nitrogens with zero attached hydrogens (tertiary/aromatic N) is 1. The first-order chi connectivity index (χ1) is 10.9. The van der Waals surface area contributed by atoms with Gasteiger partial charge in [0.05, 0.1) is 26.3 Å². The number of Topliss-reactive ketones (excluding diaryl/α,β-unsaturated/α-hetero) is 1. The predicted octanol–water partition coefficient (Wildman–Crippen LogP) is 2.18. The highest BCUT2D eigenvalue weighted by atomic mass is 16.5. The van der Waals surface area contributed by atoms with Gasteiger partial charge in [0, 0.05) is 12.1 Å². The molecule has 6 heteroatoms. The number of rotatable bonds is 5. The number of aliphatic hydroxyl groups excluding tert-OH is 1. The molecule has 1 aliphatic heterocycles. The van der Waals surface area contributed by atoms with Gasteiger partial charge in [-0.3, -0.25) is 9.59 Å². The van der Waals surface area contributed by atoms with Crippen LogP contribution in [-0.4, -0.2) is 48.5 Å². The lowest BCUT2D eigenvalue weighted by molar-refractivity contribution is -0.126. The summed E-state index contributed by atoms with van der Waals surface area (Å²) in [5.41, 5.74) is 0.102. The van der Waals surface area contributed by atoms with E-state index in [0.717, 1.165) is 6.42 Å². The number of amides is 1. The minimum atomic E-state index is -0.445. The highest BCUT2D eigenvalue weighted by molar-refractivity contribution is 6.28. The predicted molar refractivity (Wildman–Crippen MR) is 85.6 cm³/mol. The molecule has 6 nitrogen and oxygen atoms in total. The van der Waals surface area contributed by atoms with E-state index in [0.29, 0.717) is 11.5 Å². The molecular formula is C17H21NO5. The standard InChI is InChI=1S/C17H21NO5/c1-5-10(2)18-9-13(19)15(17(18)21)16(20)12-7-6-11(22-3)8-14(12)23-4/h6-8,10,20H,5,9H2,1-4H3/b16-15-. The van der Waals surface area contributed by atoms with Gasteiger partial charge >= 0.3 is 0 Å². The van der Waals surface area contributed by atoms with E-state index in [4.69, 9.17) is 9.47 Å². The zero-order valence-electron chi connectivity index (χ0n) is 13.8. The van der Waals surface area contributed by atoms with Gasteiger partial charge in [0.15, 0.2) is 5.78 Å². The fourth-order valence-corrected chi connectivity index (χ4v) is 2.51. The summed E-state index contributed by atoms with van der Waals surface area (Å²) in [5, 5.41) is 10.5. The zero-order valence-corrected chi connectivity index (χ0v) is 13.8. The molecule has 1 heterocycles. The summed E-state index contributed by atoms with van der Waals surface area (Å²) in [6.07, 6.45) is 0.735. The van der Waals surface area contributed by atoms with Crippen LogP contribution in [0.25, 0.3) is 5.76 Å². The SMILES string of the molecule is CCC(C)N1CC(=O)/C(=C(/O)c2ccc(OC)cc2OC)C1=O. The number of likely N-dealkylation sites (tertiary alicyclic amines) is 1. The van der Waals surface area contributed by atoms with Gasteiger partial charge in [-0.2, -0.15) is 0 Å². The second-order valence-electron chi connectivity index (χ2n) is 5.40. The van der Waals surface area contributed by atoms with Crippen LogP contribution < -0.4 is 9.47 Å². The fourth-order valence-electron chi connectivity index (χ4n) is 2.51. The zero-order chi connectivity index (χ0) is 17.1. The lowest BCUT2D eigenvalue weighted by atomic mass is 10.1. The molecule has 1 N–H and O–H groups in total. The number of benzene rings is 1. The van der Waals surface area contributed by atoms with Crippen molar-refractivity contribution in [3.63, 3.8) is 0 Å². The molecule has 1 aliphatic rings. The number of hydrogen-bond acceptors (Lipinski definition) is 5. The van der Waals surface area contributed by atoms with Crippen LogP contribution in [0.2, 0.25) is 0 Å². The number of ketones is 1. The van der Waals surface area contributed by atoms with Crippen LogP contribution in [0.3, 0.4) is 0 Å². The Bertz CT molecular complexity index is 665. The minimum Gasteiger partial charge on any atom is -0.506 e. The highest BCUT2D eigenvalue weighted by Crippen LogP contribution is 2.33. The Kier molecular flexibility index (Phi) is 4.93. The molecule has 0 spiro atoms. The van der Waals surface area contributed by atoms with Crippen LogP contribution in [0.4, 0.5) is 0 Å². The molecule has 1 atom stereocenters. The van der Waals surface area contributed by atoms with Gasteiger partial charge in [0.25, 0.3) is 5.91 Å². The average molecular weight is 319 g/mol. The van der Waals surface area contributed by atoms with Crippen molar-refractivity contribution in [3.05, 3.63) is 29.3 Å². The number of methoxy groups -OCH3 is 2. The smallest absolute Gasteiger partial charge is 0.262 e. The molecule has 23 heavy (non-hydrogen) atoms. The molecule has 1 saturated heterocycles. The number of hydrogen-bond donors (Lipinski definition) is 1. The molecule has 0 bridgehead atoms. The Labute approximate surface area is 135 Å².